The maximum atomic E-state index is 12.9. The highest BCUT2D eigenvalue weighted by Gasteiger charge is 2.41. The standard InChI is InChI=1S/C20H21F3N2/c21-20(22,23)15-3-1-2-14(8-15)12-4-6-13(7-5-12)18-11-19(18)25-17-9-16(24)10-17/h1-8,16-19,25H,9-11,24H2/t16?,17?,18-,19+/m1/s1. The summed E-state index contributed by atoms with van der Waals surface area (Å²) in [4.78, 5) is 0. The van der Waals surface area contributed by atoms with Crippen molar-refractivity contribution in [1.29, 1.82) is 0 Å². The first-order valence-corrected chi connectivity index (χ1v) is 8.69. The maximum absolute atomic E-state index is 12.9. The normalized spacial score (nSPS) is 28.5. The van der Waals surface area contributed by atoms with Crippen molar-refractivity contribution in [1.82, 2.24) is 5.32 Å². The second-order valence-corrected chi connectivity index (χ2v) is 7.24. The quantitative estimate of drug-likeness (QED) is 0.866. The Morgan fingerprint density at radius 2 is 1.64 bits per heavy atom. The number of nitrogens with one attached hydrogen (secondary N) is 1. The van der Waals surface area contributed by atoms with Crippen molar-refractivity contribution >= 4 is 0 Å². The highest BCUT2D eigenvalue weighted by atomic mass is 19.4. The van der Waals surface area contributed by atoms with Crippen LogP contribution in [0.5, 0.6) is 0 Å². The lowest BCUT2D eigenvalue weighted by atomic mass is 9.87. The molecular formula is C20H21F3N2. The summed E-state index contributed by atoms with van der Waals surface area (Å²) in [6, 6.07) is 14.8. The number of hydrogen-bond acceptors (Lipinski definition) is 2. The van der Waals surface area contributed by atoms with Crippen LogP contribution in [-0.4, -0.2) is 18.1 Å². The molecular weight excluding hydrogens is 325 g/mol. The zero-order valence-electron chi connectivity index (χ0n) is 13.8. The molecule has 0 heterocycles. The highest BCUT2D eigenvalue weighted by Crippen LogP contribution is 2.42. The van der Waals surface area contributed by atoms with Crippen molar-refractivity contribution < 1.29 is 13.2 Å². The number of alkyl halides is 3. The van der Waals surface area contributed by atoms with Gasteiger partial charge >= 0.3 is 6.18 Å². The van der Waals surface area contributed by atoms with Crippen molar-refractivity contribution in [2.75, 3.05) is 0 Å². The van der Waals surface area contributed by atoms with E-state index in [2.05, 4.69) is 5.32 Å². The van der Waals surface area contributed by atoms with Gasteiger partial charge in [-0.15, -0.1) is 0 Å². The van der Waals surface area contributed by atoms with Gasteiger partial charge in [-0.3, -0.25) is 0 Å². The minimum Gasteiger partial charge on any atom is -0.328 e. The van der Waals surface area contributed by atoms with Gasteiger partial charge in [0.1, 0.15) is 0 Å². The van der Waals surface area contributed by atoms with Crippen molar-refractivity contribution in [3.05, 3.63) is 59.7 Å². The van der Waals surface area contributed by atoms with E-state index in [0.717, 1.165) is 30.9 Å². The molecule has 0 saturated heterocycles. The molecule has 25 heavy (non-hydrogen) atoms. The van der Waals surface area contributed by atoms with Gasteiger partial charge in [0.25, 0.3) is 0 Å². The fourth-order valence-electron chi connectivity index (χ4n) is 3.65. The molecule has 0 spiro atoms. The number of nitrogens with two attached hydrogens (primary N) is 1. The summed E-state index contributed by atoms with van der Waals surface area (Å²) in [5.74, 6) is 0.507. The smallest absolute Gasteiger partial charge is 0.328 e. The van der Waals surface area contributed by atoms with Gasteiger partial charge in [0.15, 0.2) is 0 Å². The summed E-state index contributed by atoms with van der Waals surface area (Å²) >= 11 is 0. The molecule has 0 aromatic heterocycles. The van der Waals surface area contributed by atoms with E-state index in [1.54, 1.807) is 6.07 Å². The van der Waals surface area contributed by atoms with Crippen molar-refractivity contribution in [2.45, 2.75) is 49.5 Å². The summed E-state index contributed by atoms with van der Waals surface area (Å²) < 4.78 is 38.6. The topological polar surface area (TPSA) is 38.0 Å². The second kappa shape index (κ2) is 6.15. The Labute approximate surface area is 145 Å². The molecule has 2 nitrogen and oxygen atoms in total. The maximum Gasteiger partial charge on any atom is 0.416 e. The van der Waals surface area contributed by atoms with Crippen LogP contribution in [0.4, 0.5) is 13.2 Å². The third-order valence-electron chi connectivity index (χ3n) is 5.28. The van der Waals surface area contributed by atoms with E-state index in [-0.39, 0.29) is 0 Å². The van der Waals surface area contributed by atoms with Gasteiger partial charge in [-0.25, -0.2) is 0 Å². The lowest BCUT2D eigenvalue weighted by Crippen LogP contribution is -2.49. The average molecular weight is 346 g/mol. The lowest BCUT2D eigenvalue weighted by Gasteiger charge is -2.33. The third-order valence-corrected chi connectivity index (χ3v) is 5.28. The van der Waals surface area contributed by atoms with Crippen LogP contribution in [0.15, 0.2) is 48.5 Å². The molecule has 0 radical (unpaired) electrons. The van der Waals surface area contributed by atoms with Crippen LogP contribution in [0.1, 0.15) is 36.3 Å². The summed E-state index contributed by atoms with van der Waals surface area (Å²) in [6.45, 7) is 0. The van der Waals surface area contributed by atoms with Crippen LogP contribution in [0.25, 0.3) is 11.1 Å². The first-order valence-electron chi connectivity index (χ1n) is 8.69. The second-order valence-electron chi connectivity index (χ2n) is 7.24. The van der Waals surface area contributed by atoms with Crippen LogP contribution in [0.3, 0.4) is 0 Å². The predicted molar refractivity (Wildman–Crippen MR) is 92.2 cm³/mol. The lowest BCUT2D eigenvalue weighted by molar-refractivity contribution is -0.137. The van der Waals surface area contributed by atoms with E-state index >= 15 is 0 Å². The molecule has 0 aliphatic heterocycles. The van der Waals surface area contributed by atoms with Gasteiger partial charge in [-0.05, 0) is 48.1 Å². The molecule has 0 bridgehead atoms. The Hall–Kier alpha value is -1.85. The average Bonchev–Trinajstić information content (AvgIpc) is 3.32. The molecule has 2 aromatic carbocycles. The van der Waals surface area contributed by atoms with Crippen LogP contribution >= 0.6 is 0 Å². The van der Waals surface area contributed by atoms with Crippen LogP contribution in [-0.2, 0) is 6.18 Å². The fraction of sp³-hybridized carbons (Fsp3) is 0.400. The van der Waals surface area contributed by atoms with Gasteiger partial charge in [0, 0.05) is 24.0 Å². The number of hydrogen-bond donors (Lipinski definition) is 2. The van der Waals surface area contributed by atoms with Gasteiger partial charge in [-0.2, -0.15) is 13.2 Å². The molecule has 0 unspecified atom stereocenters. The zero-order valence-corrected chi connectivity index (χ0v) is 13.8. The summed E-state index contributed by atoms with van der Waals surface area (Å²) in [6.07, 6.45) is -1.09. The van der Waals surface area contributed by atoms with Gasteiger partial charge < -0.3 is 11.1 Å². The van der Waals surface area contributed by atoms with E-state index in [1.165, 1.54) is 17.7 Å². The first-order chi connectivity index (χ1) is 11.9. The molecule has 2 fully saturated rings. The predicted octanol–water partition coefficient (Wildman–Crippen LogP) is 4.31. The van der Waals surface area contributed by atoms with Crippen LogP contribution in [0.2, 0.25) is 0 Å². The monoisotopic (exact) mass is 346 g/mol. The molecule has 2 aromatic rings. The largest absolute Gasteiger partial charge is 0.416 e. The number of rotatable bonds is 4. The molecule has 2 aliphatic rings. The third kappa shape index (κ3) is 3.58. The minimum atomic E-state index is -4.31. The Kier molecular flexibility index (Phi) is 4.08. The Balaban J connectivity index is 1.43. The van der Waals surface area contributed by atoms with E-state index in [1.807, 2.05) is 24.3 Å². The molecule has 2 atom stereocenters. The van der Waals surface area contributed by atoms with Gasteiger partial charge in [-0.1, -0.05) is 36.4 Å². The summed E-state index contributed by atoms with van der Waals surface area (Å²) in [5, 5.41) is 3.63. The van der Waals surface area contributed by atoms with E-state index in [9.17, 15) is 13.2 Å². The summed E-state index contributed by atoms with van der Waals surface area (Å²) in [7, 11) is 0. The van der Waals surface area contributed by atoms with Crippen molar-refractivity contribution in [3.8, 4) is 11.1 Å². The molecule has 5 heteroatoms. The van der Waals surface area contributed by atoms with Crippen molar-refractivity contribution in [3.63, 3.8) is 0 Å². The first kappa shape index (κ1) is 16.6. The highest BCUT2D eigenvalue weighted by molar-refractivity contribution is 5.65. The number of benzene rings is 2. The van der Waals surface area contributed by atoms with Gasteiger partial charge in [0.2, 0.25) is 0 Å². The zero-order chi connectivity index (χ0) is 17.6. The Morgan fingerprint density at radius 3 is 2.28 bits per heavy atom. The van der Waals surface area contributed by atoms with Gasteiger partial charge in [0.05, 0.1) is 5.56 Å². The molecule has 4 rings (SSSR count). The molecule has 3 N–H and O–H groups in total. The van der Waals surface area contributed by atoms with Crippen molar-refractivity contribution in [2.24, 2.45) is 5.73 Å². The molecule has 0 amide bonds. The van der Waals surface area contributed by atoms with Crippen LogP contribution < -0.4 is 11.1 Å². The molecule has 2 aliphatic carbocycles. The van der Waals surface area contributed by atoms with E-state index < -0.39 is 11.7 Å². The SMILES string of the molecule is NC1CC(N[C@H]2C[C@@H]2c2ccc(-c3cccc(C(F)(F)F)c3)cc2)C1. The van der Waals surface area contributed by atoms with Crippen LogP contribution in [0, 0.1) is 0 Å². The summed E-state index contributed by atoms with van der Waals surface area (Å²) in [5.41, 5.74) is 7.85. The van der Waals surface area contributed by atoms with E-state index in [0.29, 0.717) is 29.6 Å². The molecule has 2 saturated carbocycles. The molecule has 132 valence electrons. The minimum absolute atomic E-state index is 0.349. The Bertz CT molecular complexity index is 748. The Morgan fingerprint density at radius 1 is 0.920 bits per heavy atom. The number of halogens is 3. The fourth-order valence-corrected chi connectivity index (χ4v) is 3.65. The van der Waals surface area contributed by atoms with E-state index in [4.69, 9.17) is 5.73 Å².